The van der Waals surface area contributed by atoms with E-state index in [1.165, 1.54) is 12.1 Å². The fourth-order valence-electron chi connectivity index (χ4n) is 4.58. The fourth-order valence-corrected chi connectivity index (χ4v) is 5.85. The number of sulfonamides is 1. The molecule has 0 aliphatic carbocycles. The van der Waals surface area contributed by atoms with Gasteiger partial charge in [0.25, 0.3) is 5.91 Å². The summed E-state index contributed by atoms with van der Waals surface area (Å²) in [5.74, 6) is -0.731. The molecular weight excluding hydrogens is 560 g/mol. The van der Waals surface area contributed by atoms with Crippen molar-refractivity contribution in [2.75, 3.05) is 19.6 Å². The maximum absolute atomic E-state index is 13.0. The second-order valence-electron chi connectivity index (χ2n) is 10.0. The highest BCUT2D eigenvalue weighted by Crippen LogP contribution is 2.29. The molecule has 2 aromatic carbocycles. The number of amides is 3. The predicted molar refractivity (Wildman–Crippen MR) is 155 cm³/mol. The Balaban J connectivity index is 1.26. The maximum Gasteiger partial charge on any atom is 0.287 e. The highest BCUT2D eigenvalue weighted by Gasteiger charge is 2.26. The SMILES string of the molecule is CCCCC[C@H](CN(C=O)OCc1ccccc1)C(=O)NCCNC(=O)c1ccc(-c2ccc3c(c2)S(=O)(=O)NC3)o1. The number of fused-ring (bicyclic) bond motifs is 1. The standard InChI is InChI=1S/C30H36N4O7S/c1-2-3-5-10-25(19-34(21-35)40-20-22-8-6-4-7-9-22)29(36)31-15-16-32-30(37)27-14-13-26(41-27)23-11-12-24-18-33-42(38,39)28(24)17-23/h4,6-9,11-14,17,21,25,33H,2-3,5,10,15-16,18-20H2,1H3,(H,31,36)(H,32,37)/t25-/m1/s1. The van der Waals surface area contributed by atoms with Crippen molar-refractivity contribution >= 4 is 28.2 Å². The first-order chi connectivity index (χ1) is 20.3. The van der Waals surface area contributed by atoms with Gasteiger partial charge in [0.2, 0.25) is 22.3 Å². The van der Waals surface area contributed by atoms with E-state index in [1.807, 2.05) is 30.3 Å². The van der Waals surface area contributed by atoms with E-state index in [-0.39, 0.29) is 49.3 Å². The molecule has 1 aliphatic heterocycles. The Morgan fingerprint density at radius 3 is 2.62 bits per heavy atom. The number of nitrogens with zero attached hydrogens (tertiary/aromatic N) is 1. The molecule has 0 bridgehead atoms. The summed E-state index contributed by atoms with van der Waals surface area (Å²) in [5.41, 5.74) is 2.13. The Morgan fingerprint density at radius 1 is 1.07 bits per heavy atom. The zero-order valence-corrected chi connectivity index (χ0v) is 24.3. The maximum atomic E-state index is 13.0. The number of benzene rings is 2. The van der Waals surface area contributed by atoms with Gasteiger partial charge in [0.1, 0.15) is 12.4 Å². The number of unbranched alkanes of at least 4 members (excludes halogenated alkanes) is 2. The van der Waals surface area contributed by atoms with Crippen LogP contribution in [0, 0.1) is 5.92 Å². The van der Waals surface area contributed by atoms with Gasteiger partial charge in [-0.05, 0) is 35.7 Å². The molecule has 2 heterocycles. The predicted octanol–water partition coefficient (Wildman–Crippen LogP) is 3.37. The number of furan rings is 1. The second-order valence-corrected chi connectivity index (χ2v) is 11.8. The monoisotopic (exact) mass is 596 g/mol. The van der Waals surface area contributed by atoms with Crippen LogP contribution in [0.5, 0.6) is 0 Å². The average molecular weight is 597 g/mol. The molecule has 1 aliphatic rings. The molecule has 1 aromatic heterocycles. The van der Waals surface area contributed by atoms with Gasteiger partial charge < -0.3 is 15.1 Å². The highest BCUT2D eigenvalue weighted by molar-refractivity contribution is 7.89. The minimum Gasteiger partial charge on any atom is -0.451 e. The van der Waals surface area contributed by atoms with Crippen LogP contribution in [-0.2, 0) is 37.6 Å². The lowest BCUT2D eigenvalue weighted by atomic mass is 10.00. The third kappa shape index (κ3) is 8.28. The van der Waals surface area contributed by atoms with Gasteiger partial charge in [-0.15, -0.1) is 0 Å². The van der Waals surface area contributed by atoms with Crippen molar-refractivity contribution in [2.24, 2.45) is 5.92 Å². The van der Waals surface area contributed by atoms with Gasteiger partial charge >= 0.3 is 0 Å². The minimum atomic E-state index is -3.54. The molecule has 1 atom stereocenters. The van der Waals surface area contributed by atoms with E-state index in [0.717, 1.165) is 29.9 Å². The number of rotatable bonds is 16. The zero-order chi connectivity index (χ0) is 30.0. The van der Waals surface area contributed by atoms with Crippen LogP contribution in [0.2, 0.25) is 0 Å². The third-order valence-electron chi connectivity index (χ3n) is 6.92. The van der Waals surface area contributed by atoms with E-state index in [4.69, 9.17) is 9.25 Å². The fraction of sp³-hybridized carbons (Fsp3) is 0.367. The van der Waals surface area contributed by atoms with Crippen molar-refractivity contribution in [1.29, 1.82) is 0 Å². The lowest BCUT2D eigenvalue weighted by molar-refractivity contribution is -0.182. The van der Waals surface area contributed by atoms with Crippen LogP contribution >= 0.6 is 0 Å². The van der Waals surface area contributed by atoms with Crippen molar-refractivity contribution in [2.45, 2.75) is 50.7 Å². The van der Waals surface area contributed by atoms with Gasteiger partial charge in [0.05, 0.1) is 17.4 Å². The largest absolute Gasteiger partial charge is 0.451 e. The summed E-state index contributed by atoms with van der Waals surface area (Å²) in [6, 6.07) is 17.5. The molecule has 3 amide bonds. The van der Waals surface area contributed by atoms with Gasteiger partial charge in [-0.3, -0.25) is 19.2 Å². The minimum absolute atomic E-state index is 0.0624. The van der Waals surface area contributed by atoms with Crippen molar-refractivity contribution in [3.8, 4) is 11.3 Å². The van der Waals surface area contributed by atoms with Gasteiger partial charge in [-0.25, -0.2) is 18.2 Å². The van der Waals surface area contributed by atoms with Crippen molar-refractivity contribution in [3.63, 3.8) is 0 Å². The number of carbonyl (C=O) groups excluding carboxylic acids is 3. The van der Waals surface area contributed by atoms with Crippen LogP contribution in [0.1, 0.15) is 54.3 Å². The summed E-state index contributed by atoms with van der Waals surface area (Å²) in [4.78, 5) is 43.1. The summed E-state index contributed by atoms with van der Waals surface area (Å²) in [6.45, 7) is 3.00. The molecule has 0 saturated heterocycles. The van der Waals surface area contributed by atoms with Crippen LogP contribution in [0.25, 0.3) is 11.3 Å². The van der Waals surface area contributed by atoms with E-state index >= 15 is 0 Å². The lowest BCUT2D eigenvalue weighted by Gasteiger charge is -2.23. The van der Waals surface area contributed by atoms with Gasteiger partial charge in [-0.1, -0.05) is 68.7 Å². The second kappa shape index (κ2) is 14.8. The summed E-state index contributed by atoms with van der Waals surface area (Å²) >= 11 is 0. The Labute approximate surface area is 245 Å². The Hall–Kier alpha value is -4.00. The first kappa shape index (κ1) is 30.9. The molecule has 224 valence electrons. The first-order valence-electron chi connectivity index (χ1n) is 14.0. The van der Waals surface area contributed by atoms with Gasteiger partial charge in [0.15, 0.2) is 5.76 Å². The first-order valence-corrected chi connectivity index (χ1v) is 15.5. The summed E-state index contributed by atoms with van der Waals surface area (Å²) in [6.07, 6.45) is 3.98. The topological polar surface area (TPSA) is 147 Å². The molecular formula is C30H36N4O7S. The molecule has 3 aromatic rings. The van der Waals surface area contributed by atoms with Crippen LogP contribution < -0.4 is 15.4 Å². The van der Waals surface area contributed by atoms with Crippen molar-refractivity contribution in [3.05, 3.63) is 77.6 Å². The highest BCUT2D eigenvalue weighted by atomic mass is 32.2. The molecule has 0 fully saturated rings. The zero-order valence-electron chi connectivity index (χ0n) is 23.5. The number of hydrogen-bond acceptors (Lipinski definition) is 7. The Kier molecular flexibility index (Phi) is 10.9. The van der Waals surface area contributed by atoms with E-state index in [9.17, 15) is 22.8 Å². The molecule has 0 saturated carbocycles. The molecule has 0 spiro atoms. The smallest absolute Gasteiger partial charge is 0.287 e. The molecule has 11 nitrogen and oxygen atoms in total. The number of nitrogens with one attached hydrogen (secondary N) is 3. The molecule has 0 unspecified atom stereocenters. The summed E-state index contributed by atoms with van der Waals surface area (Å²) < 4.78 is 32.4. The van der Waals surface area contributed by atoms with Crippen LogP contribution in [0.3, 0.4) is 0 Å². The Bertz CT molecular complexity index is 1470. The van der Waals surface area contributed by atoms with Crippen LogP contribution in [-0.4, -0.2) is 51.3 Å². The molecule has 4 rings (SSSR count). The quantitative estimate of drug-likeness (QED) is 0.131. The average Bonchev–Trinajstić information content (AvgIpc) is 3.61. The molecule has 3 N–H and O–H groups in total. The number of hydrogen-bond donors (Lipinski definition) is 3. The van der Waals surface area contributed by atoms with Crippen molar-refractivity contribution in [1.82, 2.24) is 20.4 Å². The van der Waals surface area contributed by atoms with E-state index in [2.05, 4.69) is 22.3 Å². The normalized spacial score (nSPS) is 14.1. The summed E-state index contributed by atoms with van der Waals surface area (Å²) in [7, 11) is -3.54. The van der Waals surface area contributed by atoms with Gasteiger partial charge in [-0.2, -0.15) is 0 Å². The van der Waals surface area contributed by atoms with E-state index < -0.39 is 21.8 Å². The van der Waals surface area contributed by atoms with Gasteiger partial charge in [0, 0.05) is 25.2 Å². The molecule has 12 heteroatoms. The third-order valence-corrected chi connectivity index (χ3v) is 8.40. The van der Waals surface area contributed by atoms with E-state index in [1.54, 1.807) is 18.2 Å². The van der Waals surface area contributed by atoms with E-state index in [0.29, 0.717) is 29.7 Å². The van der Waals surface area contributed by atoms with Crippen LogP contribution in [0.15, 0.2) is 70.0 Å². The summed E-state index contributed by atoms with van der Waals surface area (Å²) in [5, 5.41) is 6.71. The molecule has 42 heavy (non-hydrogen) atoms. The van der Waals surface area contributed by atoms with Crippen molar-refractivity contribution < 1.29 is 32.1 Å². The lowest BCUT2D eigenvalue weighted by Crippen LogP contribution is -2.41. The molecule has 0 radical (unpaired) electrons. The van der Waals surface area contributed by atoms with Crippen LogP contribution in [0.4, 0.5) is 0 Å². The number of hydroxylamine groups is 2. The number of carbonyl (C=O) groups is 3. The Morgan fingerprint density at radius 2 is 1.86 bits per heavy atom.